The molecule has 27 heavy (non-hydrogen) atoms. The zero-order valence-corrected chi connectivity index (χ0v) is 17.3. The number of likely N-dealkylation sites (tertiary alicyclic amines) is 1. The van der Waals surface area contributed by atoms with Crippen molar-refractivity contribution < 1.29 is 14.6 Å². The van der Waals surface area contributed by atoms with Crippen LogP contribution in [0.3, 0.4) is 0 Å². The SMILES string of the molecule is CCC(=O)N1CCC[C@](O)(c2nc(C)c(COc3ccc(Cl)cc3)s2)CC1. The van der Waals surface area contributed by atoms with E-state index in [9.17, 15) is 9.90 Å². The summed E-state index contributed by atoms with van der Waals surface area (Å²) in [5, 5.41) is 12.6. The van der Waals surface area contributed by atoms with E-state index in [0.717, 1.165) is 27.7 Å². The van der Waals surface area contributed by atoms with Crippen LogP contribution in [0.4, 0.5) is 0 Å². The normalized spacial score (nSPS) is 20.4. The van der Waals surface area contributed by atoms with Crippen molar-refractivity contribution in [2.75, 3.05) is 13.1 Å². The minimum atomic E-state index is -0.975. The molecule has 3 rings (SSSR count). The number of rotatable bonds is 5. The Morgan fingerprint density at radius 3 is 2.78 bits per heavy atom. The second kappa shape index (κ2) is 8.59. The summed E-state index contributed by atoms with van der Waals surface area (Å²) in [5.41, 5.74) is -0.0976. The highest BCUT2D eigenvalue weighted by Gasteiger charge is 2.36. The number of aliphatic hydroxyl groups is 1. The lowest BCUT2D eigenvalue weighted by atomic mass is 9.96. The second-order valence-electron chi connectivity index (χ2n) is 6.89. The van der Waals surface area contributed by atoms with E-state index in [1.54, 1.807) is 12.1 Å². The number of carbonyl (C=O) groups is 1. The zero-order chi connectivity index (χ0) is 19.4. The lowest BCUT2D eigenvalue weighted by Crippen LogP contribution is -2.33. The van der Waals surface area contributed by atoms with Crippen molar-refractivity contribution in [3.05, 3.63) is 44.9 Å². The van der Waals surface area contributed by atoms with E-state index in [1.807, 2.05) is 30.9 Å². The van der Waals surface area contributed by atoms with Crippen molar-refractivity contribution in [2.45, 2.75) is 51.7 Å². The molecule has 0 unspecified atom stereocenters. The van der Waals surface area contributed by atoms with Gasteiger partial charge in [-0.25, -0.2) is 4.98 Å². The number of hydrogen-bond donors (Lipinski definition) is 1. The maximum absolute atomic E-state index is 12.0. The molecule has 1 atom stereocenters. The van der Waals surface area contributed by atoms with Gasteiger partial charge < -0.3 is 14.7 Å². The molecular formula is C20H25ClN2O3S. The Bertz CT molecular complexity index is 793. The number of aromatic nitrogens is 1. The molecule has 0 spiro atoms. The first-order valence-electron chi connectivity index (χ1n) is 9.26. The van der Waals surface area contributed by atoms with E-state index in [2.05, 4.69) is 4.98 Å². The van der Waals surface area contributed by atoms with Gasteiger partial charge in [0.15, 0.2) is 0 Å². The van der Waals surface area contributed by atoms with Crippen LogP contribution >= 0.6 is 22.9 Å². The van der Waals surface area contributed by atoms with Crippen molar-refractivity contribution in [3.63, 3.8) is 0 Å². The molecule has 2 heterocycles. The van der Waals surface area contributed by atoms with Crippen LogP contribution in [0.5, 0.6) is 5.75 Å². The Hall–Kier alpha value is -1.63. The highest BCUT2D eigenvalue weighted by molar-refractivity contribution is 7.11. The molecule has 1 saturated heterocycles. The van der Waals surface area contributed by atoms with E-state index in [1.165, 1.54) is 11.3 Å². The Kier molecular flexibility index (Phi) is 6.40. The summed E-state index contributed by atoms with van der Waals surface area (Å²) < 4.78 is 5.83. The van der Waals surface area contributed by atoms with Gasteiger partial charge in [0, 0.05) is 31.0 Å². The predicted molar refractivity (Wildman–Crippen MR) is 107 cm³/mol. The topological polar surface area (TPSA) is 62.7 Å². The predicted octanol–water partition coefficient (Wildman–Crippen LogP) is 4.29. The molecule has 1 aromatic heterocycles. The zero-order valence-electron chi connectivity index (χ0n) is 15.7. The molecule has 0 radical (unpaired) electrons. The van der Waals surface area contributed by atoms with E-state index < -0.39 is 5.60 Å². The van der Waals surface area contributed by atoms with Gasteiger partial charge in [-0.2, -0.15) is 0 Å². The summed E-state index contributed by atoms with van der Waals surface area (Å²) >= 11 is 7.39. The number of thiazole rings is 1. The fourth-order valence-electron chi connectivity index (χ4n) is 3.25. The molecule has 5 nitrogen and oxygen atoms in total. The van der Waals surface area contributed by atoms with Gasteiger partial charge in [0.2, 0.25) is 5.91 Å². The molecule has 1 N–H and O–H groups in total. The largest absolute Gasteiger partial charge is 0.488 e. The number of amides is 1. The van der Waals surface area contributed by atoms with Crippen LogP contribution in [-0.2, 0) is 17.0 Å². The first kappa shape index (κ1) is 20.1. The quantitative estimate of drug-likeness (QED) is 0.801. The van der Waals surface area contributed by atoms with Crippen LogP contribution in [0.25, 0.3) is 0 Å². The van der Waals surface area contributed by atoms with Gasteiger partial charge in [-0.15, -0.1) is 11.3 Å². The minimum Gasteiger partial charge on any atom is -0.488 e. The van der Waals surface area contributed by atoms with E-state index in [4.69, 9.17) is 16.3 Å². The number of hydrogen-bond acceptors (Lipinski definition) is 5. The average molecular weight is 409 g/mol. The lowest BCUT2D eigenvalue weighted by Gasteiger charge is -2.24. The van der Waals surface area contributed by atoms with Gasteiger partial charge in [0.1, 0.15) is 23.0 Å². The minimum absolute atomic E-state index is 0.145. The van der Waals surface area contributed by atoms with Crippen LogP contribution < -0.4 is 4.74 Å². The Morgan fingerprint density at radius 2 is 2.07 bits per heavy atom. The fourth-order valence-corrected chi connectivity index (χ4v) is 4.49. The molecule has 1 aliphatic heterocycles. The van der Waals surface area contributed by atoms with E-state index in [0.29, 0.717) is 44.0 Å². The van der Waals surface area contributed by atoms with Crippen LogP contribution in [0.1, 0.15) is 48.2 Å². The van der Waals surface area contributed by atoms with Gasteiger partial charge >= 0.3 is 0 Å². The first-order valence-corrected chi connectivity index (χ1v) is 10.5. The lowest BCUT2D eigenvalue weighted by molar-refractivity contribution is -0.131. The Morgan fingerprint density at radius 1 is 1.33 bits per heavy atom. The molecule has 2 aromatic rings. The number of benzene rings is 1. The molecule has 1 aromatic carbocycles. The van der Waals surface area contributed by atoms with Gasteiger partial charge in [-0.3, -0.25) is 4.79 Å². The molecule has 146 valence electrons. The maximum Gasteiger partial charge on any atom is 0.222 e. The second-order valence-corrected chi connectivity index (χ2v) is 8.41. The van der Waals surface area contributed by atoms with Crippen molar-refractivity contribution in [2.24, 2.45) is 0 Å². The number of nitrogens with zero attached hydrogens (tertiary/aromatic N) is 2. The number of halogens is 1. The molecule has 0 aliphatic carbocycles. The van der Waals surface area contributed by atoms with E-state index in [-0.39, 0.29) is 5.91 Å². The monoisotopic (exact) mass is 408 g/mol. The summed E-state index contributed by atoms with van der Waals surface area (Å²) in [5.74, 6) is 0.891. The van der Waals surface area contributed by atoms with E-state index >= 15 is 0 Å². The number of ether oxygens (including phenoxy) is 1. The van der Waals surface area contributed by atoms with Crippen molar-refractivity contribution in [3.8, 4) is 5.75 Å². The van der Waals surface area contributed by atoms with Crippen LogP contribution in [0, 0.1) is 6.92 Å². The van der Waals surface area contributed by atoms with Crippen LogP contribution in [0.15, 0.2) is 24.3 Å². The summed E-state index contributed by atoms with van der Waals surface area (Å²) in [4.78, 5) is 19.5. The molecule has 1 amide bonds. The maximum atomic E-state index is 12.0. The third-order valence-electron chi connectivity index (χ3n) is 4.94. The smallest absolute Gasteiger partial charge is 0.222 e. The molecule has 0 bridgehead atoms. The summed E-state index contributed by atoms with van der Waals surface area (Å²) in [6.45, 7) is 5.48. The van der Waals surface area contributed by atoms with Crippen molar-refractivity contribution in [1.82, 2.24) is 9.88 Å². The van der Waals surface area contributed by atoms with Crippen molar-refractivity contribution in [1.29, 1.82) is 0 Å². The third kappa shape index (κ3) is 4.81. The van der Waals surface area contributed by atoms with Crippen LogP contribution in [0.2, 0.25) is 5.02 Å². The fraction of sp³-hybridized carbons (Fsp3) is 0.500. The number of aryl methyl sites for hydroxylation is 1. The van der Waals surface area contributed by atoms with Gasteiger partial charge in [-0.05, 0) is 44.0 Å². The third-order valence-corrected chi connectivity index (χ3v) is 6.52. The first-order chi connectivity index (χ1) is 12.9. The molecular weight excluding hydrogens is 384 g/mol. The highest BCUT2D eigenvalue weighted by atomic mass is 35.5. The highest BCUT2D eigenvalue weighted by Crippen LogP contribution is 2.37. The van der Waals surface area contributed by atoms with Gasteiger partial charge in [0.25, 0.3) is 0 Å². The number of carbonyl (C=O) groups excluding carboxylic acids is 1. The standard InChI is InChI=1S/C20H25ClN2O3S/c1-3-18(24)23-11-4-9-20(25,10-12-23)19-22-14(2)17(27-19)13-26-16-7-5-15(21)6-8-16/h5-8,25H,3-4,9-13H2,1-2H3/t20-/m1/s1. The molecule has 7 heteroatoms. The van der Waals surface area contributed by atoms with Gasteiger partial charge in [-0.1, -0.05) is 18.5 Å². The molecule has 1 aliphatic rings. The summed E-state index contributed by atoms with van der Waals surface area (Å²) in [6, 6.07) is 7.24. The Labute approximate surface area is 168 Å². The average Bonchev–Trinajstić information content (AvgIpc) is 2.92. The molecule has 1 fully saturated rings. The summed E-state index contributed by atoms with van der Waals surface area (Å²) in [7, 11) is 0. The van der Waals surface area contributed by atoms with Crippen molar-refractivity contribution >= 4 is 28.8 Å². The van der Waals surface area contributed by atoms with Crippen LogP contribution in [-0.4, -0.2) is 34.0 Å². The summed E-state index contributed by atoms with van der Waals surface area (Å²) in [6.07, 6.45) is 2.41. The van der Waals surface area contributed by atoms with Gasteiger partial charge in [0.05, 0.1) is 10.6 Å². The molecule has 0 saturated carbocycles. The Balaban J connectivity index is 1.69.